The number of allylic oxidation sites excluding steroid dienone is 4. The highest BCUT2D eigenvalue weighted by Gasteiger charge is 2.26. The van der Waals surface area contributed by atoms with Crippen LogP contribution in [0, 0.1) is 5.92 Å². The fraction of sp³-hybridized carbons (Fsp3) is 0.810. The minimum absolute atomic E-state index is 0.0607. The van der Waals surface area contributed by atoms with Gasteiger partial charge in [0.15, 0.2) is 0 Å². The molecule has 284 valence electrons. The Hall–Kier alpha value is -2.44. The molecule has 0 radical (unpaired) electrons. The minimum atomic E-state index is -0.523. The molecular weight excluding hydrogens is 616 g/mol. The fourth-order valence-corrected chi connectivity index (χ4v) is 5.94. The Kier molecular flexibility index (Phi) is 35.0. The molecule has 1 atom stereocenters. The maximum atomic E-state index is 12.4. The van der Waals surface area contributed by atoms with Crippen molar-refractivity contribution < 1.29 is 33.4 Å². The van der Waals surface area contributed by atoms with Crippen molar-refractivity contribution in [3.8, 4) is 0 Å². The molecule has 0 heterocycles. The van der Waals surface area contributed by atoms with Gasteiger partial charge in [-0.05, 0) is 97.8 Å². The summed E-state index contributed by atoms with van der Waals surface area (Å²) in [6, 6.07) is 0. The number of rotatable bonds is 20. The Morgan fingerprint density at radius 1 is 0.571 bits per heavy atom. The van der Waals surface area contributed by atoms with Crippen LogP contribution in [0.5, 0.6) is 0 Å². The fourth-order valence-electron chi connectivity index (χ4n) is 5.94. The summed E-state index contributed by atoms with van der Waals surface area (Å²) in [7, 11) is 0. The zero-order valence-corrected chi connectivity index (χ0v) is 32.0. The predicted molar refractivity (Wildman–Crippen MR) is 201 cm³/mol. The van der Waals surface area contributed by atoms with Gasteiger partial charge in [0.25, 0.3) is 0 Å². The molecule has 0 aromatic rings. The molecule has 0 aromatic carbocycles. The number of ether oxygens (including phenoxy) is 3. The Morgan fingerprint density at radius 3 is 1.51 bits per heavy atom. The van der Waals surface area contributed by atoms with E-state index in [1.54, 1.807) is 6.92 Å². The first-order valence-corrected chi connectivity index (χ1v) is 20.3. The topological polar surface area (TPSA) is 96.0 Å². The van der Waals surface area contributed by atoms with Crippen LogP contribution in [0.2, 0.25) is 0 Å². The predicted octanol–water partition coefficient (Wildman–Crippen LogP) is 11.5. The molecule has 0 aliphatic heterocycles. The lowest BCUT2D eigenvalue weighted by atomic mass is 9.93. The highest BCUT2D eigenvalue weighted by atomic mass is 16.5. The third-order valence-corrected chi connectivity index (χ3v) is 8.81. The molecule has 0 bridgehead atoms. The molecule has 1 unspecified atom stereocenters. The first-order valence-electron chi connectivity index (χ1n) is 20.3. The van der Waals surface area contributed by atoms with E-state index in [9.17, 15) is 19.2 Å². The van der Waals surface area contributed by atoms with Crippen LogP contribution in [0.4, 0.5) is 0 Å². The maximum Gasteiger partial charge on any atom is 0.316 e. The second kappa shape index (κ2) is 36.8. The maximum absolute atomic E-state index is 12.4. The number of carbonyl (C=O) groups is 4. The summed E-state index contributed by atoms with van der Waals surface area (Å²) in [6.45, 7) is 6.82. The van der Waals surface area contributed by atoms with E-state index in [0.717, 1.165) is 70.6 Å². The van der Waals surface area contributed by atoms with Gasteiger partial charge < -0.3 is 14.2 Å². The standard InChI is InChI=1S/C22H40O4.C20H34O3/c1-3-25-21(23)19-17-15-13-11-9-7-5-6-8-10-12-14-16-18-20-22(24)26-4-2;1-2-23-20(22)18-16-14-12-10-8-6-4-3-5-7-9-11-13-15-17-19(18)21/h5-6H,3-4,7-20H2,1-2H3;3-4,18H,2,5-17H2,1H3/b6-5-;4-3-. The lowest BCUT2D eigenvalue weighted by Crippen LogP contribution is -2.26. The second-order valence-electron chi connectivity index (χ2n) is 13.2. The van der Waals surface area contributed by atoms with Gasteiger partial charge in [-0.2, -0.15) is 0 Å². The number of Topliss-reactive ketones (excluding diaryl/α,β-unsaturated/α-hetero) is 1. The molecule has 7 heteroatoms. The molecule has 1 aliphatic rings. The van der Waals surface area contributed by atoms with Gasteiger partial charge in [-0.25, -0.2) is 0 Å². The van der Waals surface area contributed by atoms with E-state index in [2.05, 4.69) is 24.3 Å². The van der Waals surface area contributed by atoms with E-state index < -0.39 is 5.92 Å². The van der Waals surface area contributed by atoms with E-state index in [4.69, 9.17) is 14.2 Å². The van der Waals surface area contributed by atoms with Crippen LogP contribution in [0.25, 0.3) is 0 Å². The number of ketones is 1. The van der Waals surface area contributed by atoms with Gasteiger partial charge >= 0.3 is 17.9 Å². The van der Waals surface area contributed by atoms with E-state index in [1.165, 1.54) is 77.0 Å². The molecule has 49 heavy (non-hydrogen) atoms. The Morgan fingerprint density at radius 2 is 1.00 bits per heavy atom. The van der Waals surface area contributed by atoms with Crippen LogP contribution in [-0.4, -0.2) is 43.5 Å². The van der Waals surface area contributed by atoms with Crippen molar-refractivity contribution in [1.29, 1.82) is 0 Å². The SMILES string of the molecule is CCOC(=O)C1CCCCCC/C=C\CCCCCCCC1=O.CCOC(=O)CCCCCCC/C=C\CCCCCCCC(=O)OCC. The molecule has 1 aliphatic carbocycles. The lowest BCUT2D eigenvalue weighted by Gasteiger charge is -2.14. The summed E-state index contributed by atoms with van der Waals surface area (Å²) in [5.41, 5.74) is 0. The molecule has 0 saturated heterocycles. The van der Waals surface area contributed by atoms with Crippen molar-refractivity contribution in [3.05, 3.63) is 24.3 Å². The molecule has 7 nitrogen and oxygen atoms in total. The van der Waals surface area contributed by atoms with Crippen molar-refractivity contribution in [3.63, 3.8) is 0 Å². The summed E-state index contributed by atoms with van der Waals surface area (Å²) in [5.74, 6) is -0.859. The largest absolute Gasteiger partial charge is 0.466 e. The average molecular weight is 691 g/mol. The van der Waals surface area contributed by atoms with E-state index in [0.29, 0.717) is 45.5 Å². The van der Waals surface area contributed by atoms with Gasteiger partial charge in [-0.1, -0.05) is 101 Å². The summed E-state index contributed by atoms with van der Waals surface area (Å²) in [5, 5.41) is 0. The van der Waals surface area contributed by atoms with Crippen LogP contribution in [-0.2, 0) is 33.4 Å². The molecule has 0 N–H and O–H groups in total. The minimum Gasteiger partial charge on any atom is -0.466 e. The third kappa shape index (κ3) is 32.5. The number of unbranched alkanes of at least 4 members (excludes halogenated alkanes) is 10. The number of carbonyl (C=O) groups excluding carboxylic acids is 4. The van der Waals surface area contributed by atoms with Crippen molar-refractivity contribution in [2.75, 3.05) is 19.8 Å². The Labute approximate surface area is 300 Å². The third-order valence-electron chi connectivity index (χ3n) is 8.81. The van der Waals surface area contributed by atoms with Gasteiger partial charge in [-0.3, -0.25) is 19.2 Å². The number of hydrogen-bond acceptors (Lipinski definition) is 7. The quantitative estimate of drug-likeness (QED) is 0.0412. The van der Waals surface area contributed by atoms with Gasteiger partial charge in [0.05, 0.1) is 19.8 Å². The zero-order chi connectivity index (χ0) is 36.0. The van der Waals surface area contributed by atoms with Crippen LogP contribution < -0.4 is 0 Å². The number of esters is 3. The number of hydrogen-bond donors (Lipinski definition) is 0. The summed E-state index contributed by atoms with van der Waals surface area (Å²) in [6.07, 6.45) is 37.8. The highest BCUT2D eigenvalue weighted by molar-refractivity contribution is 5.98. The van der Waals surface area contributed by atoms with E-state index in [1.807, 2.05) is 13.8 Å². The first kappa shape index (κ1) is 46.6. The van der Waals surface area contributed by atoms with Crippen molar-refractivity contribution in [1.82, 2.24) is 0 Å². The van der Waals surface area contributed by atoms with E-state index in [-0.39, 0.29) is 23.7 Å². The second-order valence-corrected chi connectivity index (χ2v) is 13.2. The molecule has 0 fully saturated rings. The van der Waals surface area contributed by atoms with Crippen LogP contribution in [0.15, 0.2) is 24.3 Å². The van der Waals surface area contributed by atoms with Crippen LogP contribution in [0.3, 0.4) is 0 Å². The zero-order valence-electron chi connectivity index (χ0n) is 32.0. The summed E-state index contributed by atoms with van der Waals surface area (Å²) >= 11 is 0. The molecule has 1 rings (SSSR count). The normalized spacial score (nSPS) is 17.4. The lowest BCUT2D eigenvalue weighted by molar-refractivity contribution is -0.152. The Bertz CT molecular complexity index is 829. The summed E-state index contributed by atoms with van der Waals surface area (Å²) < 4.78 is 14.9. The van der Waals surface area contributed by atoms with Crippen LogP contribution in [0.1, 0.15) is 194 Å². The van der Waals surface area contributed by atoms with E-state index >= 15 is 0 Å². The van der Waals surface area contributed by atoms with Crippen molar-refractivity contribution >= 4 is 23.7 Å². The molecule has 0 aromatic heterocycles. The molecule has 0 spiro atoms. The summed E-state index contributed by atoms with van der Waals surface area (Å²) in [4.78, 5) is 46.8. The first-order chi connectivity index (χ1) is 24.0. The van der Waals surface area contributed by atoms with Gasteiger partial charge in [-0.15, -0.1) is 0 Å². The van der Waals surface area contributed by atoms with Crippen molar-refractivity contribution in [2.24, 2.45) is 5.92 Å². The van der Waals surface area contributed by atoms with Crippen molar-refractivity contribution in [2.45, 2.75) is 194 Å². The molecule has 0 saturated carbocycles. The smallest absolute Gasteiger partial charge is 0.316 e. The van der Waals surface area contributed by atoms with Gasteiger partial charge in [0, 0.05) is 19.3 Å². The molecular formula is C42H74O7. The molecule has 0 amide bonds. The monoisotopic (exact) mass is 691 g/mol. The Balaban J connectivity index is 0.000000946. The highest BCUT2D eigenvalue weighted by Crippen LogP contribution is 2.19. The average Bonchev–Trinajstić information content (AvgIpc) is 3.08. The van der Waals surface area contributed by atoms with Gasteiger partial charge in [0.1, 0.15) is 11.7 Å². The van der Waals surface area contributed by atoms with Crippen LogP contribution >= 0.6 is 0 Å². The van der Waals surface area contributed by atoms with Gasteiger partial charge in [0.2, 0.25) is 0 Å².